The number of aryl methyl sites for hydroxylation is 1. The molecule has 0 spiro atoms. The summed E-state index contributed by atoms with van der Waals surface area (Å²) < 4.78 is 69.0. The molecule has 0 bridgehead atoms. The van der Waals surface area contributed by atoms with Crippen molar-refractivity contribution >= 4 is 10.0 Å². The minimum atomic E-state index is -3.59. The Morgan fingerprint density at radius 2 is 1.86 bits per heavy atom. The van der Waals surface area contributed by atoms with E-state index in [-0.39, 0.29) is 36.0 Å². The second-order valence-electron chi connectivity index (χ2n) is 10.7. The molecule has 1 aromatic heterocycles. The Hall–Kier alpha value is -4.07. The zero-order chi connectivity index (χ0) is 29.9. The fraction of sp³-hybridized carbons (Fsp3) is 0.312. The van der Waals surface area contributed by atoms with Crippen molar-refractivity contribution in [2.75, 3.05) is 6.26 Å². The Kier molecular flexibility index (Phi) is 8.43. The summed E-state index contributed by atoms with van der Waals surface area (Å²) >= 11 is 0. The number of hydrogen-bond acceptors (Lipinski definition) is 6. The molecule has 1 N–H and O–H groups in total. The molecule has 0 saturated heterocycles. The number of ether oxygens (including phenoxy) is 1. The van der Waals surface area contributed by atoms with Crippen molar-refractivity contribution in [3.05, 3.63) is 111 Å². The molecular weight excluding hydrogens is 562 g/mol. The smallest absolute Gasteiger partial charge is 0.476 e. The van der Waals surface area contributed by atoms with Crippen molar-refractivity contribution in [2.45, 2.75) is 51.2 Å². The Balaban J connectivity index is 1.51. The maximum atomic E-state index is 15.3. The molecule has 5 rings (SSSR count). The summed E-state index contributed by atoms with van der Waals surface area (Å²) in [5, 5.41) is 9.73. The molecule has 7 nitrogen and oxygen atoms in total. The van der Waals surface area contributed by atoms with Crippen LogP contribution in [0.2, 0.25) is 0 Å². The topological polar surface area (TPSA) is 94.0 Å². The number of aromatic nitrogens is 1. The molecule has 1 saturated carbocycles. The molecule has 42 heavy (non-hydrogen) atoms. The third-order valence-electron chi connectivity index (χ3n) is 7.56. The van der Waals surface area contributed by atoms with E-state index in [1.807, 2.05) is 30.3 Å². The van der Waals surface area contributed by atoms with Gasteiger partial charge in [0.25, 0.3) is 0 Å². The molecular formula is C32H31F2N2O5S+. The van der Waals surface area contributed by atoms with Crippen LogP contribution in [0.4, 0.5) is 8.78 Å². The molecule has 3 aromatic carbocycles. The molecule has 1 aliphatic carbocycles. The van der Waals surface area contributed by atoms with Crippen molar-refractivity contribution in [1.82, 2.24) is 4.98 Å². The van der Waals surface area contributed by atoms with Crippen LogP contribution in [-0.2, 0) is 35.1 Å². The van der Waals surface area contributed by atoms with Gasteiger partial charge in [-0.1, -0.05) is 48.5 Å². The van der Waals surface area contributed by atoms with Crippen LogP contribution in [0.1, 0.15) is 47.7 Å². The van der Waals surface area contributed by atoms with Crippen LogP contribution in [0.5, 0.6) is 5.75 Å². The normalized spacial score (nSPS) is 18.5. The highest BCUT2D eigenvalue weighted by atomic mass is 32.2. The van der Waals surface area contributed by atoms with Crippen LogP contribution >= 0.6 is 0 Å². The number of halogens is 2. The Bertz CT molecular complexity index is 1760. The second kappa shape index (κ2) is 12.0. The van der Waals surface area contributed by atoms with E-state index in [9.17, 15) is 13.5 Å². The number of oxazole rings is 1. The second-order valence-corrected chi connectivity index (χ2v) is 12.4. The third-order valence-corrected chi connectivity index (χ3v) is 8.00. The maximum absolute atomic E-state index is 15.3. The summed E-state index contributed by atoms with van der Waals surface area (Å²) in [6, 6.07) is 21.2. The van der Waals surface area contributed by atoms with Gasteiger partial charge in [0.1, 0.15) is 30.1 Å². The monoisotopic (exact) mass is 593 g/mol. The van der Waals surface area contributed by atoms with Crippen LogP contribution < -0.4 is 4.74 Å². The molecule has 10 heteroatoms. The van der Waals surface area contributed by atoms with Crippen molar-refractivity contribution < 1.29 is 31.5 Å². The first-order valence-electron chi connectivity index (χ1n) is 13.6. The summed E-state index contributed by atoms with van der Waals surface area (Å²) in [4.78, 5) is 4.56. The fourth-order valence-electron chi connectivity index (χ4n) is 5.52. The number of nitrogens with zero attached hydrogens (tertiary/aromatic N) is 2. The van der Waals surface area contributed by atoms with Gasteiger partial charge in [0.05, 0.1) is 22.2 Å². The van der Waals surface area contributed by atoms with E-state index >= 15 is 8.78 Å². The van der Waals surface area contributed by atoms with E-state index in [0.717, 1.165) is 17.4 Å². The van der Waals surface area contributed by atoms with Gasteiger partial charge < -0.3 is 14.3 Å². The quantitative estimate of drug-likeness (QED) is 0.248. The van der Waals surface area contributed by atoms with Gasteiger partial charge in [-0.15, -0.1) is 8.42 Å². The molecule has 0 aliphatic heterocycles. The largest absolute Gasteiger partial charge is 0.485 e. The fourth-order valence-corrected chi connectivity index (χ4v) is 5.86. The minimum Gasteiger partial charge on any atom is -0.485 e. The van der Waals surface area contributed by atoms with E-state index in [4.69, 9.17) is 9.15 Å². The standard InChI is InChI=1S/C32H31F2N2O5S/c1-21-29(19-37)36-31(41-21)32(14-13-24(17-32)18-35-42(2,38)39)16-23-11-12-27(33)26(15-23)25-9-6-10-28(34)30(25)40-20-22-7-4-3-5-8-22/h3-12,15,24,37H,13-14,16-17,19-20H2,1-2H3/q+1/t24?,32-/m1/s1. The SMILES string of the molecule is Cc1oc([C@@]2(Cc3ccc(F)c(-c4cccc(F)c4OCc4ccccc4)c3)CCC(C#[N+]S(C)(=O)=O)C2)nc1CO. The molecule has 1 fully saturated rings. The lowest BCUT2D eigenvalue weighted by Gasteiger charge is -2.26. The molecule has 1 aliphatic rings. The van der Waals surface area contributed by atoms with Crippen molar-refractivity contribution in [3.8, 4) is 22.9 Å². The zero-order valence-electron chi connectivity index (χ0n) is 23.3. The molecule has 1 unspecified atom stereocenters. The maximum Gasteiger partial charge on any atom is 0.476 e. The summed E-state index contributed by atoms with van der Waals surface area (Å²) in [5.74, 6) is -0.549. The zero-order valence-corrected chi connectivity index (χ0v) is 24.1. The van der Waals surface area contributed by atoms with Gasteiger partial charge in [-0.25, -0.2) is 13.8 Å². The summed E-state index contributed by atoms with van der Waals surface area (Å²) in [5.41, 5.74) is 1.79. The van der Waals surface area contributed by atoms with Crippen LogP contribution in [-0.4, -0.2) is 24.8 Å². The Morgan fingerprint density at radius 3 is 2.57 bits per heavy atom. The number of aliphatic hydroxyl groups is 1. The van der Waals surface area contributed by atoms with E-state index in [2.05, 4.69) is 15.3 Å². The predicted molar refractivity (Wildman–Crippen MR) is 155 cm³/mol. The van der Waals surface area contributed by atoms with E-state index in [1.165, 1.54) is 18.2 Å². The van der Waals surface area contributed by atoms with E-state index in [0.29, 0.717) is 43.0 Å². The number of benzene rings is 3. The van der Waals surface area contributed by atoms with E-state index < -0.39 is 27.1 Å². The molecule has 2 atom stereocenters. The van der Waals surface area contributed by atoms with Gasteiger partial charge in [0, 0.05) is 11.1 Å². The van der Waals surface area contributed by atoms with Crippen LogP contribution in [0.25, 0.3) is 15.4 Å². The Morgan fingerprint density at radius 1 is 1.07 bits per heavy atom. The number of aliphatic hydroxyl groups excluding tert-OH is 1. The molecule has 1 heterocycles. The summed E-state index contributed by atoms with van der Waals surface area (Å²) in [6.07, 6.45) is 2.99. The molecule has 218 valence electrons. The minimum absolute atomic E-state index is 0.0458. The van der Waals surface area contributed by atoms with Crippen molar-refractivity contribution in [2.24, 2.45) is 5.92 Å². The van der Waals surface area contributed by atoms with Gasteiger partial charge in [-0.3, -0.25) is 0 Å². The average Bonchev–Trinajstić information content (AvgIpc) is 3.56. The highest BCUT2D eigenvalue weighted by Crippen LogP contribution is 2.47. The first-order valence-corrected chi connectivity index (χ1v) is 15.4. The van der Waals surface area contributed by atoms with Gasteiger partial charge in [-0.2, -0.15) is 0 Å². The Labute approximate surface area is 243 Å². The number of rotatable bonds is 8. The number of para-hydroxylation sites is 1. The lowest BCUT2D eigenvalue weighted by Crippen LogP contribution is -2.26. The predicted octanol–water partition coefficient (Wildman–Crippen LogP) is 6.57. The third kappa shape index (κ3) is 6.53. The van der Waals surface area contributed by atoms with Gasteiger partial charge >= 0.3 is 16.1 Å². The van der Waals surface area contributed by atoms with Crippen molar-refractivity contribution in [3.63, 3.8) is 0 Å². The molecule has 0 amide bonds. The first-order chi connectivity index (χ1) is 20.1. The summed E-state index contributed by atoms with van der Waals surface area (Å²) in [7, 11) is -3.59. The van der Waals surface area contributed by atoms with Crippen molar-refractivity contribution in [1.29, 1.82) is 0 Å². The number of sulfonamides is 1. The van der Waals surface area contributed by atoms with Crippen LogP contribution in [0.3, 0.4) is 0 Å². The highest BCUT2D eigenvalue weighted by molar-refractivity contribution is 7.92. The van der Waals surface area contributed by atoms with Gasteiger partial charge in [0.15, 0.2) is 11.6 Å². The highest BCUT2D eigenvalue weighted by Gasteiger charge is 2.46. The van der Waals surface area contributed by atoms with Gasteiger partial charge in [-0.05, 0) is 61.9 Å². The number of hydrogen-bond donors (Lipinski definition) is 1. The van der Waals surface area contributed by atoms with Crippen LogP contribution in [0.15, 0.2) is 71.1 Å². The summed E-state index contributed by atoms with van der Waals surface area (Å²) in [6.45, 7) is 1.54. The van der Waals surface area contributed by atoms with Gasteiger partial charge in [0.2, 0.25) is 5.89 Å². The molecule has 0 radical (unpaired) electrons. The first kappa shape index (κ1) is 29.4. The lowest BCUT2D eigenvalue weighted by molar-refractivity contribution is 0.275. The lowest BCUT2D eigenvalue weighted by atomic mass is 9.78. The molecule has 4 aromatic rings. The van der Waals surface area contributed by atoms with E-state index in [1.54, 1.807) is 25.1 Å². The average molecular weight is 594 g/mol. The van der Waals surface area contributed by atoms with Crippen LogP contribution in [0, 0.1) is 30.5 Å².